The fraction of sp³-hybridized carbons (Fsp3) is 0.520. The van der Waals surface area contributed by atoms with Gasteiger partial charge in [0.15, 0.2) is 5.69 Å². The molecule has 182 valence electrons. The lowest BCUT2D eigenvalue weighted by molar-refractivity contribution is -0.130. The summed E-state index contributed by atoms with van der Waals surface area (Å²) in [6, 6.07) is 9.50. The molecule has 34 heavy (non-hydrogen) atoms. The second-order valence-electron chi connectivity index (χ2n) is 9.29. The standard InChI is InChI=1S/C25H33N5O4/c1-2-3-13-28(24(33)18-14-20(31)29(16-18)19-11-7-8-12-19)21-22(26)30(25(34)27-23(21)32)15-17-9-5-4-6-10-17/h4-6,9-10,18-19H,2-3,7-8,11-16,26H2,1H3,(H,27,32,34). The van der Waals surface area contributed by atoms with Crippen molar-refractivity contribution >= 4 is 23.3 Å². The molecule has 4 rings (SSSR count). The summed E-state index contributed by atoms with van der Waals surface area (Å²) in [7, 11) is 0. The molecule has 2 fully saturated rings. The zero-order valence-corrected chi connectivity index (χ0v) is 19.7. The van der Waals surface area contributed by atoms with E-state index in [1.54, 1.807) is 0 Å². The highest BCUT2D eigenvalue weighted by Crippen LogP contribution is 2.31. The third-order valence-electron chi connectivity index (χ3n) is 6.94. The van der Waals surface area contributed by atoms with Crippen molar-refractivity contribution in [1.82, 2.24) is 14.5 Å². The average Bonchev–Trinajstić information content (AvgIpc) is 3.48. The maximum atomic E-state index is 13.7. The van der Waals surface area contributed by atoms with Gasteiger partial charge in [-0.15, -0.1) is 0 Å². The maximum absolute atomic E-state index is 13.7. The van der Waals surface area contributed by atoms with E-state index in [2.05, 4.69) is 4.98 Å². The summed E-state index contributed by atoms with van der Waals surface area (Å²) in [4.78, 5) is 57.4. The Balaban J connectivity index is 1.66. The van der Waals surface area contributed by atoms with Crippen molar-refractivity contribution in [1.29, 1.82) is 0 Å². The summed E-state index contributed by atoms with van der Waals surface area (Å²) in [5, 5.41) is 0. The molecule has 1 unspecified atom stereocenters. The molecule has 1 aliphatic carbocycles. The first kappa shape index (κ1) is 23.8. The number of nitrogen functional groups attached to an aromatic ring is 1. The van der Waals surface area contributed by atoms with Gasteiger partial charge in [0, 0.05) is 25.6 Å². The van der Waals surface area contributed by atoms with E-state index in [-0.39, 0.29) is 42.3 Å². The Morgan fingerprint density at radius 3 is 2.53 bits per heavy atom. The summed E-state index contributed by atoms with van der Waals surface area (Å²) in [5.74, 6) is -0.863. The van der Waals surface area contributed by atoms with Crippen LogP contribution in [0.25, 0.3) is 0 Å². The highest BCUT2D eigenvalue weighted by molar-refractivity contribution is 6.00. The quantitative estimate of drug-likeness (QED) is 0.616. The van der Waals surface area contributed by atoms with Crippen LogP contribution in [0.5, 0.6) is 0 Å². The number of H-pyrrole nitrogens is 1. The van der Waals surface area contributed by atoms with Gasteiger partial charge in [-0.1, -0.05) is 56.5 Å². The highest BCUT2D eigenvalue weighted by Gasteiger charge is 2.41. The second-order valence-corrected chi connectivity index (χ2v) is 9.29. The van der Waals surface area contributed by atoms with Gasteiger partial charge in [0.1, 0.15) is 5.82 Å². The molecule has 0 spiro atoms. The molecule has 0 bridgehead atoms. The van der Waals surface area contributed by atoms with Gasteiger partial charge in [-0.05, 0) is 24.8 Å². The number of nitrogens with two attached hydrogens (primary N) is 1. The Kier molecular flexibility index (Phi) is 7.19. The van der Waals surface area contributed by atoms with Gasteiger partial charge in [0.2, 0.25) is 11.8 Å². The molecule has 1 saturated carbocycles. The molecule has 2 aliphatic rings. The monoisotopic (exact) mass is 467 g/mol. The van der Waals surface area contributed by atoms with E-state index < -0.39 is 17.2 Å². The van der Waals surface area contributed by atoms with Crippen LogP contribution in [0.1, 0.15) is 57.4 Å². The number of aromatic nitrogens is 2. The van der Waals surface area contributed by atoms with E-state index >= 15 is 0 Å². The Hall–Kier alpha value is -3.36. The average molecular weight is 468 g/mol. The number of carbonyl (C=O) groups excluding carboxylic acids is 2. The molecular weight excluding hydrogens is 434 g/mol. The van der Waals surface area contributed by atoms with Crippen LogP contribution in [0.15, 0.2) is 39.9 Å². The van der Waals surface area contributed by atoms with Crippen molar-refractivity contribution in [2.24, 2.45) is 5.92 Å². The molecule has 1 aliphatic heterocycles. The summed E-state index contributed by atoms with van der Waals surface area (Å²) in [5.41, 5.74) is 5.89. The van der Waals surface area contributed by atoms with Crippen LogP contribution in [0.2, 0.25) is 0 Å². The van der Waals surface area contributed by atoms with Crippen molar-refractivity contribution in [3.05, 3.63) is 56.7 Å². The molecular formula is C25H33N5O4. The molecule has 1 aromatic carbocycles. The predicted octanol–water partition coefficient (Wildman–Crippen LogP) is 2.09. The number of amides is 2. The summed E-state index contributed by atoms with van der Waals surface area (Å²) >= 11 is 0. The van der Waals surface area contributed by atoms with E-state index in [1.807, 2.05) is 42.2 Å². The van der Waals surface area contributed by atoms with Gasteiger partial charge in [-0.25, -0.2) is 4.79 Å². The van der Waals surface area contributed by atoms with Crippen molar-refractivity contribution in [2.45, 2.75) is 64.5 Å². The minimum atomic E-state index is -0.687. The Bertz CT molecular complexity index is 1150. The minimum absolute atomic E-state index is 0.00313. The van der Waals surface area contributed by atoms with E-state index in [0.29, 0.717) is 19.5 Å². The van der Waals surface area contributed by atoms with Crippen LogP contribution >= 0.6 is 0 Å². The van der Waals surface area contributed by atoms with E-state index in [1.165, 1.54) is 9.47 Å². The first-order valence-corrected chi connectivity index (χ1v) is 12.2. The Morgan fingerprint density at radius 2 is 1.85 bits per heavy atom. The van der Waals surface area contributed by atoms with Gasteiger partial charge in [-0.3, -0.25) is 23.9 Å². The molecule has 1 saturated heterocycles. The van der Waals surface area contributed by atoms with Crippen LogP contribution in [0.4, 0.5) is 11.5 Å². The number of unbranched alkanes of at least 4 members (excludes halogenated alkanes) is 1. The molecule has 1 aromatic heterocycles. The number of hydrogen-bond donors (Lipinski definition) is 2. The van der Waals surface area contributed by atoms with E-state index in [4.69, 9.17) is 5.73 Å². The molecule has 3 N–H and O–H groups in total. The number of benzene rings is 1. The van der Waals surface area contributed by atoms with Crippen molar-refractivity contribution in [2.75, 3.05) is 23.7 Å². The normalized spacial score (nSPS) is 18.6. The number of anilines is 2. The largest absolute Gasteiger partial charge is 0.383 e. The van der Waals surface area contributed by atoms with Crippen LogP contribution in [0.3, 0.4) is 0 Å². The topological polar surface area (TPSA) is 121 Å². The van der Waals surface area contributed by atoms with E-state index in [9.17, 15) is 19.2 Å². The number of hydrogen-bond acceptors (Lipinski definition) is 5. The lowest BCUT2D eigenvalue weighted by Crippen LogP contribution is -2.44. The van der Waals surface area contributed by atoms with Gasteiger partial charge < -0.3 is 15.5 Å². The minimum Gasteiger partial charge on any atom is -0.383 e. The Labute approximate surface area is 198 Å². The molecule has 1 atom stereocenters. The number of carbonyl (C=O) groups is 2. The van der Waals surface area contributed by atoms with Crippen LogP contribution < -0.4 is 21.9 Å². The van der Waals surface area contributed by atoms with E-state index in [0.717, 1.165) is 37.7 Å². The van der Waals surface area contributed by atoms with Crippen molar-refractivity contribution < 1.29 is 9.59 Å². The third kappa shape index (κ3) is 4.78. The molecule has 2 amide bonds. The lowest BCUT2D eigenvalue weighted by Gasteiger charge is -2.28. The maximum Gasteiger partial charge on any atom is 0.330 e. The first-order chi connectivity index (χ1) is 16.4. The zero-order valence-electron chi connectivity index (χ0n) is 19.7. The van der Waals surface area contributed by atoms with Crippen LogP contribution in [-0.2, 0) is 16.1 Å². The molecule has 9 nitrogen and oxygen atoms in total. The zero-order chi connectivity index (χ0) is 24.2. The predicted molar refractivity (Wildman–Crippen MR) is 131 cm³/mol. The second kappa shape index (κ2) is 10.3. The summed E-state index contributed by atoms with van der Waals surface area (Å²) < 4.78 is 1.28. The molecule has 0 radical (unpaired) electrons. The molecule has 9 heteroatoms. The highest BCUT2D eigenvalue weighted by atomic mass is 16.2. The van der Waals surface area contributed by atoms with Crippen LogP contribution in [0, 0.1) is 5.92 Å². The smallest absolute Gasteiger partial charge is 0.330 e. The van der Waals surface area contributed by atoms with Gasteiger partial charge >= 0.3 is 5.69 Å². The third-order valence-corrected chi connectivity index (χ3v) is 6.94. The number of rotatable bonds is 8. The molecule has 2 heterocycles. The van der Waals surface area contributed by atoms with Gasteiger partial charge in [0.05, 0.1) is 12.5 Å². The first-order valence-electron chi connectivity index (χ1n) is 12.2. The summed E-state index contributed by atoms with van der Waals surface area (Å²) in [6.45, 7) is 2.82. The summed E-state index contributed by atoms with van der Waals surface area (Å²) in [6.07, 6.45) is 5.76. The van der Waals surface area contributed by atoms with Crippen molar-refractivity contribution in [3.63, 3.8) is 0 Å². The number of nitrogens with zero attached hydrogens (tertiary/aromatic N) is 3. The van der Waals surface area contributed by atoms with Gasteiger partial charge in [0.25, 0.3) is 5.56 Å². The SMILES string of the molecule is CCCCN(C(=O)C1CC(=O)N(C2CCCC2)C1)c1c(N)n(Cc2ccccc2)c(=O)[nH]c1=O. The fourth-order valence-electron chi connectivity index (χ4n) is 5.10. The molecule has 2 aromatic rings. The fourth-order valence-corrected chi connectivity index (χ4v) is 5.10. The number of likely N-dealkylation sites (tertiary alicyclic amines) is 1. The van der Waals surface area contributed by atoms with Crippen molar-refractivity contribution in [3.8, 4) is 0 Å². The van der Waals surface area contributed by atoms with Crippen LogP contribution in [-0.4, -0.2) is 45.4 Å². The number of aromatic amines is 1. The number of nitrogens with one attached hydrogen (secondary N) is 1. The Morgan fingerprint density at radius 1 is 1.15 bits per heavy atom. The lowest BCUT2D eigenvalue weighted by atomic mass is 10.1. The van der Waals surface area contributed by atoms with Gasteiger partial charge in [-0.2, -0.15) is 0 Å².